The van der Waals surface area contributed by atoms with Crippen LogP contribution in [0.4, 0.5) is 0 Å². The first-order valence-corrected chi connectivity index (χ1v) is 9.75. The van der Waals surface area contributed by atoms with E-state index in [2.05, 4.69) is 67.9 Å². The number of rotatable bonds is 6. The lowest BCUT2D eigenvalue weighted by Crippen LogP contribution is -2.33. The summed E-state index contributed by atoms with van der Waals surface area (Å²) >= 11 is 0. The zero-order valence-electron chi connectivity index (χ0n) is 16.1. The lowest BCUT2D eigenvalue weighted by atomic mass is 9.95. The molecule has 0 saturated carbocycles. The molecule has 142 valence electrons. The second-order valence-corrected chi connectivity index (χ2v) is 7.35. The molecule has 0 aliphatic carbocycles. The van der Waals surface area contributed by atoms with E-state index in [4.69, 9.17) is 0 Å². The number of nitrogens with zero attached hydrogens (tertiary/aromatic N) is 7. The van der Waals surface area contributed by atoms with Gasteiger partial charge in [0.15, 0.2) is 5.82 Å². The molecule has 2 aromatic heterocycles. The predicted molar refractivity (Wildman–Crippen MR) is 103 cm³/mol. The molecule has 1 aromatic carbocycles. The van der Waals surface area contributed by atoms with Crippen molar-refractivity contribution in [2.45, 2.75) is 52.2 Å². The highest BCUT2D eigenvalue weighted by Gasteiger charge is 2.26. The van der Waals surface area contributed by atoms with Crippen LogP contribution in [0, 0.1) is 6.92 Å². The minimum atomic E-state index is 0.483. The summed E-state index contributed by atoms with van der Waals surface area (Å²) in [6, 6.07) is 8.88. The molecule has 3 aromatic rings. The second-order valence-electron chi connectivity index (χ2n) is 7.35. The maximum atomic E-state index is 4.54. The number of piperidine rings is 1. The number of benzene rings is 1. The van der Waals surface area contributed by atoms with Crippen molar-refractivity contribution in [3.63, 3.8) is 0 Å². The SMILES string of the molecule is CCn1c(Cn2cncn2)nnc1C1CCN(Cc2ccc(C)cc2)CC1. The third-order valence-corrected chi connectivity index (χ3v) is 5.42. The van der Waals surface area contributed by atoms with Gasteiger partial charge in [0.05, 0.1) is 0 Å². The summed E-state index contributed by atoms with van der Waals surface area (Å²) in [5.41, 5.74) is 2.71. The van der Waals surface area contributed by atoms with Crippen LogP contribution in [-0.2, 0) is 19.6 Å². The molecule has 7 nitrogen and oxygen atoms in total. The van der Waals surface area contributed by atoms with Crippen molar-refractivity contribution in [1.82, 2.24) is 34.4 Å². The van der Waals surface area contributed by atoms with Crippen molar-refractivity contribution in [3.05, 3.63) is 59.7 Å². The van der Waals surface area contributed by atoms with Crippen LogP contribution in [-0.4, -0.2) is 47.5 Å². The van der Waals surface area contributed by atoms with Crippen molar-refractivity contribution in [3.8, 4) is 0 Å². The smallest absolute Gasteiger partial charge is 0.154 e. The fourth-order valence-electron chi connectivity index (χ4n) is 3.87. The molecule has 0 unspecified atom stereocenters. The molecule has 0 amide bonds. The highest BCUT2D eigenvalue weighted by atomic mass is 15.4. The molecule has 1 fully saturated rings. The van der Waals surface area contributed by atoms with Crippen LogP contribution in [0.5, 0.6) is 0 Å². The zero-order valence-corrected chi connectivity index (χ0v) is 16.1. The Balaban J connectivity index is 1.39. The largest absolute Gasteiger partial charge is 0.313 e. The van der Waals surface area contributed by atoms with Gasteiger partial charge < -0.3 is 4.57 Å². The van der Waals surface area contributed by atoms with E-state index in [1.54, 1.807) is 17.3 Å². The molecule has 0 radical (unpaired) electrons. The van der Waals surface area contributed by atoms with Gasteiger partial charge in [0, 0.05) is 19.0 Å². The summed E-state index contributed by atoms with van der Waals surface area (Å²) in [6.45, 7) is 9.04. The van der Waals surface area contributed by atoms with Gasteiger partial charge in [0.2, 0.25) is 0 Å². The highest BCUT2D eigenvalue weighted by Crippen LogP contribution is 2.28. The van der Waals surface area contributed by atoms with Gasteiger partial charge in [-0.05, 0) is 45.3 Å². The van der Waals surface area contributed by atoms with Gasteiger partial charge in [-0.25, -0.2) is 9.67 Å². The Hall–Kier alpha value is -2.54. The number of aromatic nitrogens is 6. The van der Waals surface area contributed by atoms with Crippen LogP contribution < -0.4 is 0 Å². The molecule has 4 rings (SSSR count). The van der Waals surface area contributed by atoms with E-state index in [9.17, 15) is 0 Å². The summed E-state index contributed by atoms with van der Waals surface area (Å²) in [7, 11) is 0. The van der Waals surface area contributed by atoms with E-state index >= 15 is 0 Å². The van der Waals surface area contributed by atoms with Crippen LogP contribution in [0.3, 0.4) is 0 Å². The fourth-order valence-corrected chi connectivity index (χ4v) is 3.87. The van der Waals surface area contributed by atoms with Crippen molar-refractivity contribution in [1.29, 1.82) is 0 Å². The number of likely N-dealkylation sites (tertiary alicyclic amines) is 1. The highest BCUT2D eigenvalue weighted by molar-refractivity contribution is 5.21. The summed E-state index contributed by atoms with van der Waals surface area (Å²) in [5.74, 6) is 2.57. The molecule has 1 aliphatic rings. The Morgan fingerprint density at radius 1 is 1.04 bits per heavy atom. The fraction of sp³-hybridized carbons (Fsp3) is 0.500. The van der Waals surface area contributed by atoms with Crippen LogP contribution >= 0.6 is 0 Å². The van der Waals surface area contributed by atoms with Crippen molar-refractivity contribution in [2.24, 2.45) is 0 Å². The standard InChI is InChI=1S/C20H27N7/c1-3-27-19(13-26-15-21-14-22-26)23-24-20(27)18-8-10-25(11-9-18)12-17-6-4-16(2)5-7-17/h4-7,14-15,18H,3,8-13H2,1-2H3. The first-order valence-electron chi connectivity index (χ1n) is 9.75. The Kier molecular flexibility index (Phi) is 5.29. The average Bonchev–Trinajstić information content (AvgIpc) is 3.34. The molecule has 1 aliphatic heterocycles. The minimum Gasteiger partial charge on any atom is -0.313 e. The molecule has 0 atom stereocenters. The Morgan fingerprint density at radius 2 is 1.81 bits per heavy atom. The van der Waals surface area contributed by atoms with Crippen LogP contribution in [0.1, 0.15) is 48.5 Å². The van der Waals surface area contributed by atoms with E-state index in [1.807, 2.05) is 0 Å². The molecule has 7 heteroatoms. The Morgan fingerprint density at radius 3 is 2.48 bits per heavy atom. The third-order valence-electron chi connectivity index (χ3n) is 5.42. The quantitative estimate of drug-likeness (QED) is 0.672. The average molecular weight is 365 g/mol. The van der Waals surface area contributed by atoms with Gasteiger partial charge in [0.25, 0.3) is 0 Å². The lowest BCUT2D eigenvalue weighted by molar-refractivity contribution is 0.200. The predicted octanol–water partition coefficient (Wildman–Crippen LogP) is 2.63. The molecule has 27 heavy (non-hydrogen) atoms. The summed E-state index contributed by atoms with van der Waals surface area (Å²) in [5, 5.41) is 13.2. The van der Waals surface area contributed by atoms with Crippen LogP contribution in [0.2, 0.25) is 0 Å². The molecule has 1 saturated heterocycles. The lowest BCUT2D eigenvalue weighted by Gasteiger charge is -2.31. The van der Waals surface area contributed by atoms with Crippen LogP contribution in [0.25, 0.3) is 0 Å². The molecule has 0 spiro atoms. The molecular formula is C20H27N7. The number of hydrogen-bond acceptors (Lipinski definition) is 5. The van der Waals surface area contributed by atoms with E-state index in [1.165, 1.54) is 11.1 Å². The van der Waals surface area contributed by atoms with Gasteiger partial charge in [-0.15, -0.1) is 10.2 Å². The number of hydrogen-bond donors (Lipinski definition) is 0. The first kappa shape index (κ1) is 17.9. The normalized spacial score (nSPS) is 16.1. The number of aryl methyl sites for hydroxylation is 1. The maximum absolute atomic E-state index is 4.54. The molecule has 3 heterocycles. The third kappa shape index (κ3) is 4.08. The molecule has 0 N–H and O–H groups in total. The van der Waals surface area contributed by atoms with Crippen molar-refractivity contribution < 1.29 is 0 Å². The second kappa shape index (κ2) is 8.00. The Bertz CT molecular complexity index is 843. The van der Waals surface area contributed by atoms with E-state index in [0.29, 0.717) is 12.5 Å². The van der Waals surface area contributed by atoms with Crippen molar-refractivity contribution in [2.75, 3.05) is 13.1 Å². The summed E-state index contributed by atoms with van der Waals surface area (Å²) in [4.78, 5) is 6.55. The van der Waals surface area contributed by atoms with Crippen molar-refractivity contribution >= 4 is 0 Å². The minimum absolute atomic E-state index is 0.483. The maximum Gasteiger partial charge on any atom is 0.154 e. The van der Waals surface area contributed by atoms with E-state index in [0.717, 1.165) is 50.7 Å². The van der Waals surface area contributed by atoms with Gasteiger partial charge in [-0.1, -0.05) is 29.8 Å². The van der Waals surface area contributed by atoms with Gasteiger partial charge in [0.1, 0.15) is 25.0 Å². The monoisotopic (exact) mass is 365 g/mol. The molecule has 0 bridgehead atoms. The van der Waals surface area contributed by atoms with Gasteiger partial charge in [-0.2, -0.15) is 5.10 Å². The topological polar surface area (TPSA) is 64.7 Å². The van der Waals surface area contributed by atoms with Gasteiger partial charge in [-0.3, -0.25) is 4.90 Å². The van der Waals surface area contributed by atoms with E-state index in [-0.39, 0.29) is 0 Å². The summed E-state index contributed by atoms with van der Waals surface area (Å²) < 4.78 is 4.05. The Labute approximate surface area is 160 Å². The molecular weight excluding hydrogens is 338 g/mol. The zero-order chi connectivity index (χ0) is 18.6. The first-order chi connectivity index (χ1) is 13.2. The van der Waals surface area contributed by atoms with Crippen LogP contribution in [0.15, 0.2) is 36.9 Å². The van der Waals surface area contributed by atoms with Gasteiger partial charge >= 0.3 is 0 Å². The summed E-state index contributed by atoms with van der Waals surface area (Å²) in [6.07, 6.45) is 5.54. The van der Waals surface area contributed by atoms with E-state index < -0.39 is 0 Å².